The van der Waals surface area contributed by atoms with Gasteiger partial charge in [-0.05, 0) is 25.0 Å². The predicted molar refractivity (Wildman–Crippen MR) is 110 cm³/mol. The van der Waals surface area contributed by atoms with E-state index in [4.69, 9.17) is 18.9 Å². The molecule has 2 aliphatic heterocycles. The summed E-state index contributed by atoms with van der Waals surface area (Å²) in [5.41, 5.74) is 0.545. The van der Waals surface area contributed by atoms with Crippen molar-refractivity contribution in [2.45, 2.75) is 76.3 Å². The number of carbonyl (C=O) groups excluding carboxylic acids is 2. The summed E-state index contributed by atoms with van der Waals surface area (Å²) in [5.74, 6) is -0.827. The molecular formula is C24H32O6. The van der Waals surface area contributed by atoms with E-state index in [1.807, 2.05) is 18.2 Å². The zero-order valence-corrected chi connectivity index (χ0v) is 17.7. The van der Waals surface area contributed by atoms with E-state index in [-0.39, 0.29) is 36.0 Å². The smallest absolute Gasteiger partial charge is 0.338 e. The molecule has 1 unspecified atom stereocenters. The van der Waals surface area contributed by atoms with Crippen molar-refractivity contribution in [2.24, 2.45) is 11.8 Å². The van der Waals surface area contributed by atoms with E-state index >= 15 is 0 Å². The van der Waals surface area contributed by atoms with E-state index in [9.17, 15) is 9.59 Å². The van der Waals surface area contributed by atoms with Gasteiger partial charge in [0, 0.05) is 31.1 Å². The van der Waals surface area contributed by atoms with Crippen LogP contribution in [0, 0.1) is 11.8 Å². The third-order valence-corrected chi connectivity index (χ3v) is 6.76. The van der Waals surface area contributed by atoms with Crippen LogP contribution in [0.1, 0.15) is 68.6 Å². The predicted octanol–water partition coefficient (Wildman–Crippen LogP) is 4.27. The Morgan fingerprint density at radius 2 is 1.90 bits per heavy atom. The van der Waals surface area contributed by atoms with Crippen LogP contribution in [0.3, 0.4) is 0 Å². The molecule has 1 saturated carbocycles. The van der Waals surface area contributed by atoms with Crippen molar-refractivity contribution in [2.75, 3.05) is 13.2 Å². The lowest BCUT2D eigenvalue weighted by Crippen LogP contribution is -2.33. The number of fused-ring (bicyclic) bond motifs is 1. The summed E-state index contributed by atoms with van der Waals surface area (Å²) < 4.78 is 23.5. The van der Waals surface area contributed by atoms with Crippen molar-refractivity contribution in [1.29, 1.82) is 0 Å². The molecule has 2 heterocycles. The van der Waals surface area contributed by atoms with Gasteiger partial charge in [0.15, 0.2) is 5.79 Å². The zero-order chi connectivity index (χ0) is 21.0. The normalized spacial score (nSPS) is 29.6. The quantitative estimate of drug-likeness (QED) is 0.442. The zero-order valence-electron chi connectivity index (χ0n) is 17.7. The molecule has 0 spiro atoms. The van der Waals surface area contributed by atoms with E-state index in [2.05, 4.69) is 6.92 Å². The fourth-order valence-corrected chi connectivity index (χ4v) is 5.21. The van der Waals surface area contributed by atoms with E-state index in [1.54, 1.807) is 12.1 Å². The maximum absolute atomic E-state index is 12.6. The molecule has 0 radical (unpaired) electrons. The van der Waals surface area contributed by atoms with Crippen molar-refractivity contribution >= 4 is 11.9 Å². The summed E-state index contributed by atoms with van der Waals surface area (Å²) in [6.07, 6.45) is 6.36. The Balaban J connectivity index is 1.43. The highest BCUT2D eigenvalue weighted by Gasteiger charge is 2.52. The van der Waals surface area contributed by atoms with Crippen molar-refractivity contribution < 1.29 is 28.5 Å². The summed E-state index contributed by atoms with van der Waals surface area (Å²) in [5, 5.41) is 0. The molecule has 1 aliphatic carbocycles. The molecule has 4 rings (SSSR count). The fraction of sp³-hybridized carbons (Fsp3) is 0.667. The standard InChI is InChI=1S/C24H32O6/c1-2-3-7-11-24(27-13-14-28-24)12-10-18-19-15-22(25)29-21(19)16-20(18)30-23(26)17-8-5-4-6-9-17/h4-6,8-9,18-21H,2-3,7,10-16H2,1H3/t18?,19-,20-,21+/m1/s1. The maximum atomic E-state index is 12.6. The second kappa shape index (κ2) is 9.48. The molecule has 164 valence electrons. The first-order valence-corrected chi connectivity index (χ1v) is 11.3. The Hall–Kier alpha value is -1.92. The van der Waals surface area contributed by atoms with Crippen LogP contribution in [0.4, 0.5) is 0 Å². The van der Waals surface area contributed by atoms with Gasteiger partial charge in [-0.3, -0.25) is 4.79 Å². The summed E-state index contributed by atoms with van der Waals surface area (Å²) >= 11 is 0. The number of carbonyl (C=O) groups is 2. The minimum atomic E-state index is -0.537. The molecule has 0 aromatic heterocycles. The molecule has 30 heavy (non-hydrogen) atoms. The van der Waals surface area contributed by atoms with E-state index in [0.717, 1.165) is 38.5 Å². The van der Waals surface area contributed by atoms with Crippen LogP contribution in [-0.4, -0.2) is 43.1 Å². The first kappa shape index (κ1) is 21.3. The monoisotopic (exact) mass is 416 g/mol. The molecule has 2 saturated heterocycles. The minimum absolute atomic E-state index is 0.0740. The SMILES string of the molecule is CCCCCC1(CCC2[C@H]3CC(=O)O[C@H]3C[C@H]2OC(=O)c2ccccc2)OCCO1. The molecule has 0 bridgehead atoms. The van der Waals surface area contributed by atoms with Gasteiger partial charge < -0.3 is 18.9 Å². The Morgan fingerprint density at radius 3 is 2.63 bits per heavy atom. The van der Waals surface area contributed by atoms with Gasteiger partial charge in [-0.25, -0.2) is 4.79 Å². The van der Waals surface area contributed by atoms with Crippen molar-refractivity contribution in [3.63, 3.8) is 0 Å². The highest BCUT2D eigenvalue weighted by atomic mass is 16.7. The van der Waals surface area contributed by atoms with Gasteiger partial charge >= 0.3 is 11.9 Å². The number of benzene rings is 1. The second-order valence-corrected chi connectivity index (χ2v) is 8.71. The van der Waals surface area contributed by atoms with E-state index < -0.39 is 5.79 Å². The Labute approximate surface area is 178 Å². The van der Waals surface area contributed by atoms with E-state index in [1.165, 1.54) is 0 Å². The number of esters is 2. The molecule has 4 atom stereocenters. The lowest BCUT2D eigenvalue weighted by molar-refractivity contribution is -0.171. The topological polar surface area (TPSA) is 71.1 Å². The van der Waals surface area contributed by atoms with Gasteiger partial charge in [0.2, 0.25) is 0 Å². The molecule has 1 aromatic carbocycles. The average molecular weight is 417 g/mol. The van der Waals surface area contributed by atoms with Gasteiger partial charge in [0.1, 0.15) is 12.2 Å². The minimum Gasteiger partial charge on any atom is -0.462 e. The summed E-state index contributed by atoms with van der Waals surface area (Å²) in [6.45, 7) is 3.43. The first-order valence-electron chi connectivity index (χ1n) is 11.3. The number of rotatable bonds is 9. The number of ether oxygens (including phenoxy) is 4. The van der Waals surface area contributed by atoms with Gasteiger partial charge in [0.25, 0.3) is 0 Å². The molecular weight excluding hydrogens is 384 g/mol. The third kappa shape index (κ3) is 4.70. The first-order chi connectivity index (χ1) is 14.6. The molecule has 6 heteroatoms. The summed E-state index contributed by atoms with van der Waals surface area (Å²) in [6, 6.07) is 9.05. The lowest BCUT2D eigenvalue weighted by Gasteiger charge is -2.31. The van der Waals surface area contributed by atoms with Gasteiger partial charge in [0.05, 0.1) is 25.2 Å². The van der Waals surface area contributed by atoms with Crippen LogP contribution in [0.5, 0.6) is 0 Å². The molecule has 6 nitrogen and oxygen atoms in total. The molecule has 0 N–H and O–H groups in total. The Kier molecular flexibility index (Phi) is 6.74. The maximum Gasteiger partial charge on any atom is 0.338 e. The van der Waals surface area contributed by atoms with Gasteiger partial charge in [-0.2, -0.15) is 0 Å². The fourth-order valence-electron chi connectivity index (χ4n) is 5.21. The number of hydrogen-bond donors (Lipinski definition) is 0. The van der Waals surface area contributed by atoms with Crippen molar-refractivity contribution in [1.82, 2.24) is 0 Å². The highest BCUT2D eigenvalue weighted by Crippen LogP contribution is 2.46. The molecule has 0 amide bonds. The second-order valence-electron chi connectivity index (χ2n) is 8.71. The number of unbranched alkanes of at least 4 members (excludes halogenated alkanes) is 2. The van der Waals surface area contributed by atoms with Crippen molar-refractivity contribution in [3.05, 3.63) is 35.9 Å². The summed E-state index contributed by atoms with van der Waals surface area (Å²) in [4.78, 5) is 24.5. The average Bonchev–Trinajstić information content (AvgIpc) is 3.43. The van der Waals surface area contributed by atoms with Gasteiger partial charge in [-0.15, -0.1) is 0 Å². The number of hydrogen-bond acceptors (Lipinski definition) is 6. The van der Waals surface area contributed by atoms with Crippen LogP contribution < -0.4 is 0 Å². The highest BCUT2D eigenvalue weighted by molar-refractivity contribution is 5.89. The lowest BCUT2D eigenvalue weighted by atomic mass is 9.86. The van der Waals surface area contributed by atoms with Crippen LogP contribution in [0.2, 0.25) is 0 Å². The Bertz CT molecular complexity index is 726. The summed E-state index contributed by atoms with van der Waals surface area (Å²) in [7, 11) is 0. The van der Waals surface area contributed by atoms with Crippen LogP contribution in [-0.2, 0) is 23.7 Å². The van der Waals surface area contributed by atoms with E-state index in [0.29, 0.717) is 31.6 Å². The molecule has 3 aliphatic rings. The van der Waals surface area contributed by atoms with Crippen LogP contribution in [0.15, 0.2) is 30.3 Å². The molecule has 1 aromatic rings. The Morgan fingerprint density at radius 1 is 1.13 bits per heavy atom. The van der Waals surface area contributed by atoms with Gasteiger partial charge in [-0.1, -0.05) is 38.0 Å². The third-order valence-electron chi connectivity index (χ3n) is 6.76. The van der Waals surface area contributed by atoms with Crippen LogP contribution >= 0.6 is 0 Å². The van der Waals surface area contributed by atoms with Crippen molar-refractivity contribution in [3.8, 4) is 0 Å². The largest absolute Gasteiger partial charge is 0.462 e. The van der Waals surface area contributed by atoms with Crippen LogP contribution in [0.25, 0.3) is 0 Å². The molecule has 3 fully saturated rings.